The molecule has 1 unspecified atom stereocenters. The maximum absolute atomic E-state index is 11.8. The molecule has 0 radical (unpaired) electrons. The van der Waals surface area contributed by atoms with E-state index in [0.717, 1.165) is 0 Å². The van der Waals surface area contributed by atoms with Crippen molar-refractivity contribution in [1.82, 2.24) is 20.6 Å². The van der Waals surface area contributed by atoms with E-state index in [9.17, 15) is 14.4 Å². The lowest BCUT2D eigenvalue weighted by atomic mass is 10.1. The number of rotatable bonds is 8. The minimum absolute atomic E-state index is 0.0599. The monoisotopic (exact) mass is 297 g/mol. The summed E-state index contributed by atoms with van der Waals surface area (Å²) in [5.74, 6) is -1.26. The third-order valence-electron chi connectivity index (χ3n) is 2.85. The number of nitrogens with one attached hydrogen (secondary N) is 3. The molecule has 116 valence electrons. The molecule has 0 bridgehead atoms. The summed E-state index contributed by atoms with van der Waals surface area (Å²) in [4.78, 5) is 40.4. The van der Waals surface area contributed by atoms with Gasteiger partial charge in [0.15, 0.2) is 0 Å². The zero-order valence-electron chi connectivity index (χ0n) is 11.6. The topological polar surface area (TPSA) is 150 Å². The van der Waals surface area contributed by atoms with Crippen LogP contribution in [0.4, 0.5) is 4.79 Å². The van der Waals surface area contributed by atoms with Gasteiger partial charge in [-0.05, 0) is 12.8 Å². The van der Waals surface area contributed by atoms with E-state index in [0.29, 0.717) is 12.2 Å². The predicted molar refractivity (Wildman–Crippen MR) is 73.1 cm³/mol. The molecule has 0 aliphatic rings. The SMILES string of the molecule is CCC(NC(=O)N[C@H](CCC(N)=O)C(=O)O)c1ncc[nH]1. The van der Waals surface area contributed by atoms with Gasteiger partial charge in [0.05, 0.1) is 6.04 Å². The Bertz CT molecular complexity index is 488. The Kier molecular flexibility index (Phi) is 6.18. The van der Waals surface area contributed by atoms with Crippen molar-refractivity contribution in [2.45, 2.75) is 38.3 Å². The number of aromatic nitrogens is 2. The average molecular weight is 297 g/mol. The number of H-pyrrole nitrogens is 1. The molecule has 0 fully saturated rings. The summed E-state index contributed by atoms with van der Waals surface area (Å²) in [6.07, 6.45) is 3.59. The van der Waals surface area contributed by atoms with Crippen LogP contribution >= 0.6 is 0 Å². The predicted octanol–water partition coefficient (Wildman–Crippen LogP) is -0.121. The van der Waals surface area contributed by atoms with Gasteiger partial charge < -0.3 is 26.5 Å². The van der Waals surface area contributed by atoms with E-state index in [4.69, 9.17) is 10.8 Å². The summed E-state index contributed by atoms with van der Waals surface area (Å²) in [6, 6.07) is -2.17. The average Bonchev–Trinajstić information content (AvgIpc) is 2.94. The first-order valence-electron chi connectivity index (χ1n) is 6.51. The lowest BCUT2D eigenvalue weighted by molar-refractivity contribution is -0.139. The van der Waals surface area contributed by atoms with Crippen LogP contribution in [0.3, 0.4) is 0 Å². The third kappa shape index (κ3) is 5.51. The first kappa shape index (κ1) is 16.5. The number of carbonyl (C=O) groups excluding carboxylic acids is 2. The number of aromatic amines is 1. The van der Waals surface area contributed by atoms with Gasteiger partial charge in [0.2, 0.25) is 5.91 Å². The fourth-order valence-electron chi connectivity index (χ4n) is 1.73. The summed E-state index contributed by atoms with van der Waals surface area (Å²) in [5, 5.41) is 13.9. The number of hydrogen-bond donors (Lipinski definition) is 5. The maximum atomic E-state index is 11.8. The Labute approximate surface area is 121 Å². The highest BCUT2D eigenvalue weighted by Gasteiger charge is 2.22. The van der Waals surface area contributed by atoms with Gasteiger partial charge in [-0.1, -0.05) is 6.92 Å². The molecule has 9 nitrogen and oxygen atoms in total. The fourth-order valence-corrected chi connectivity index (χ4v) is 1.73. The number of imidazole rings is 1. The van der Waals surface area contributed by atoms with Crippen molar-refractivity contribution in [1.29, 1.82) is 0 Å². The van der Waals surface area contributed by atoms with Gasteiger partial charge in [0, 0.05) is 18.8 Å². The Hall–Kier alpha value is -2.58. The number of carbonyl (C=O) groups is 3. The molecule has 0 aliphatic heterocycles. The molecule has 0 aromatic carbocycles. The highest BCUT2D eigenvalue weighted by atomic mass is 16.4. The minimum atomic E-state index is -1.22. The largest absolute Gasteiger partial charge is 0.480 e. The quantitative estimate of drug-likeness (QED) is 0.453. The number of carboxylic acids is 1. The number of carboxylic acid groups (broad SMARTS) is 1. The second-order valence-corrected chi connectivity index (χ2v) is 4.45. The first-order valence-corrected chi connectivity index (χ1v) is 6.51. The number of hydrogen-bond acceptors (Lipinski definition) is 4. The van der Waals surface area contributed by atoms with Crippen LogP contribution in [0.1, 0.15) is 38.1 Å². The highest BCUT2D eigenvalue weighted by Crippen LogP contribution is 2.10. The van der Waals surface area contributed by atoms with Crippen LogP contribution in [-0.2, 0) is 9.59 Å². The molecular formula is C12H19N5O4. The van der Waals surface area contributed by atoms with Gasteiger partial charge in [0.1, 0.15) is 11.9 Å². The molecule has 2 atom stereocenters. The van der Waals surface area contributed by atoms with E-state index in [1.807, 2.05) is 6.92 Å². The second kappa shape index (κ2) is 7.88. The highest BCUT2D eigenvalue weighted by molar-refractivity contribution is 5.83. The fraction of sp³-hybridized carbons (Fsp3) is 0.500. The smallest absolute Gasteiger partial charge is 0.326 e. The summed E-state index contributed by atoms with van der Waals surface area (Å²) in [6.45, 7) is 1.86. The van der Waals surface area contributed by atoms with Crippen LogP contribution in [0.25, 0.3) is 0 Å². The molecular weight excluding hydrogens is 278 g/mol. The van der Waals surface area contributed by atoms with Crippen LogP contribution in [-0.4, -0.2) is 39.0 Å². The van der Waals surface area contributed by atoms with Gasteiger partial charge in [-0.3, -0.25) is 4.79 Å². The molecule has 0 spiro atoms. The maximum Gasteiger partial charge on any atom is 0.326 e. The third-order valence-corrected chi connectivity index (χ3v) is 2.85. The van der Waals surface area contributed by atoms with Gasteiger partial charge in [-0.15, -0.1) is 0 Å². The van der Waals surface area contributed by atoms with Crippen molar-refractivity contribution < 1.29 is 19.5 Å². The summed E-state index contributed by atoms with van der Waals surface area (Å²) in [7, 11) is 0. The Balaban J connectivity index is 2.56. The lowest BCUT2D eigenvalue weighted by Crippen LogP contribution is -2.47. The van der Waals surface area contributed by atoms with Crippen LogP contribution in [0, 0.1) is 0 Å². The zero-order chi connectivity index (χ0) is 15.8. The first-order chi connectivity index (χ1) is 9.93. The van der Waals surface area contributed by atoms with Crippen LogP contribution in [0.15, 0.2) is 12.4 Å². The van der Waals surface area contributed by atoms with E-state index in [1.54, 1.807) is 12.4 Å². The molecule has 1 rings (SSSR count). The van der Waals surface area contributed by atoms with Crippen molar-refractivity contribution in [2.24, 2.45) is 5.73 Å². The number of primary amides is 1. The number of urea groups is 1. The molecule has 21 heavy (non-hydrogen) atoms. The second-order valence-electron chi connectivity index (χ2n) is 4.45. The summed E-state index contributed by atoms with van der Waals surface area (Å²) >= 11 is 0. The van der Waals surface area contributed by atoms with Crippen LogP contribution in [0.2, 0.25) is 0 Å². The lowest BCUT2D eigenvalue weighted by Gasteiger charge is -2.18. The number of amides is 3. The Morgan fingerprint density at radius 1 is 1.43 bits per heavy atom. The minimum Gasteiger partial charge on any atom is -0.480 e. The van der Waals surface area contributed by atoms with Crippen molar-refractivity contribution in [3.05, 3.63) is 18.2 Å². The summed E-state index contributed by atoms with van der Waals surface area (Å²) in [5.41, 5.74) is 4.97. The molecule has 1 aromatic heterocycles. The Morgan fingerprint density at radius 2 is 2.14 bits per heavy atom. The molecule has 0 saturated heterocycles. The molecule has 9 heteroatoms. The Morgan fingerprint density at radius 3 is 2.62 bits per heavy atom. The molecule has 0 saturated carbocycles. The van der Waals surface area contributed by atoms with Crippen LogP contribution in [0.5, 0.6) is 0 Å². The van der Waals surface area contributed by atoms with E-state index in [1.165, 1.54) is 0 Å². The van der Waals surface area contributed by atoms with Crippen molar-refractivity contribution in [3.8, 4) is 0 Å². The number of nitrogens with two attached hydrogens (primary N) is 1. The molecule has 1 aromatic rings. The van der Waals surface area contributed by atoms with E-state index in [2.05, 4.69) is 20.6 Å². The summed E-state index contributed by atoms with van der Waals surface area (Å²) < 4.78 is 0. The van der Waals surface area contributed by atoms with Gasteiger partial charge in [-0.2, -0.15) is 0 Å². The van der Waals surface area contributed by atoms with Crippen LogP contribution < -0.4 is 16.4 Å². The standard InChI is InChI=1S/C12H19N5O4/c1-2-7(10-14-5-6-15-10)16-12(21)17-8(11(19)20)3-4-9(13)18/h5-8H,2-4H2,1H3,(H2,13,18)(H,14,15)(H,19,20)(H2,16,17,21)/t7?,8-/m1/s1. The van der Waals surface area contributed by atoms with Crippen molar-refractivity contribution in [3.63, 3.8) is 0 Å². The van der Waals surface area contributed by atoms with Gasteiger partial charge in [0.25, 0.3) is 0 Å². The van der Waals surface area contributed by atoms with E-state index in [-0.39, 0.29) is 18.9 Å². The van der Waals surface area contributed by atoms with Crippen molar-refractivity contribution in [2.75, 3.05) is 0 Å². The van der Waals surface area contributed by atoms with Gasteiger partial charge in [-0.25, -0.2) is 14.6 Å². The normalized spacial score (nSPS) is 13.2. The van der Waals surface area contributed by atoms with E-state index < -0.39 is 23.9 Å². The number of aliphatic carboxylic acids is 1. The molecule has 6 N–H and O–H groups in total. The molecule has 1 heterocycles. The van der Waals surface area contributed by atoms with Crippen molar-refractivity contribution >= 4 is 17.9 Å². The molecule has 0 aliphatic carbocycles. The number of nitrogens with zero attached hydrogens (tertiary/aromatic N) is 1. The zero-order valence-corrected chi connectivity index (χ0v) is 11.6. The molecule has 3 amide bonds. The van der Waals surface area contributed by atoms with E-state index >= 15 is 0 Å². The van der Waals surface area contributed by atoms with Gasteiger partial charge >= 0.3 is 12.0 Å².